The summed E-state index contributed by atoms with van der Waals surface area (Å²) in [5.41, 5.74) is 1.37. The molecular formula is C10H14O2. The van der Waals surface area contributed by atoms with E-state index in [2.05, 4.69) is 13.2 Å². The van der Waals surface area contributed by atoms with Gasteiger partial charge in [-0.05, 0) is 13.8 Å². The van der Waals surface area contributed by atoms with Crippen LogP contribution in [-0.4, -0.2) is 12.1 Å². The van der Waals surface area contributed by atoms with Gasteiger partial charge in [-0.2, -0.15) is 0 Å². The molecule has 0 saturated heterocycles. The Kier molecular flexibility index (Phi) is 4.19. The third-order valence-corrected chi connectivity index (χ3v) is 1.49. The fourth-order valence-corrected chi connectivity index (χ4v) is 0.874. The smallest absolute Gasteiger partial charge is 0.151 e. The summed E-state index contributed by atoms with van der Waals surface area (Å²) in [6, 6.07) is 0. The Balaban J connectivity index is 4.32. The van der Waals surface area contributed by atoms with Gasteiger partial charge in [0.05, 0.1) is 5.92 Å². The highest BCUT2D eigenvalue weighted by atomic mass is 16.1. The van der Waals surface area contributed by atoms with E-state index < -0.39 is 5.92 Å². The minimum atomic E-state index is -0.651. The van der Waals surface area contributed by atoms with E-state index in [4.69, 9.17) is 0 Å². The molecule has 0 aliphatic rings. The van der Waals surface area contributed by atoms with Crippen molar-refractivity contribution >= 4 is 12.1 Å². The van der Waals surface area contributed by atoms with E-state index in [-0.39, 0.29) is 12.2 Å². The van der Waals surface area contributed by atoms with Gasteiger partial charge in [-0.15, -0.1) is 0 Å². The van der Waals surface area contributed by atoms with Crippen LogP contribution in [0.4, 0.5) is 0 Å². The predicted molar refractivity (Wildman–Crippen MR) is 48.8 cm³/mol. The first-order valence-electron chi connectivity index (χ1n) is 3.76. The Labute approximate surface area is 73.0 Å². The highest BCUT2D eigenvalue weighted by molar-refractivity contribution is 5.97. The molecule has 1 atom stereocenters. The fraction of sp³-hybridized carbons (Fsp3) is 0.400. The Hall–Kier alpha value is -1.18. The first kappa shape index (κ1) is 10.8. The van der Waals surface area contributed by atoms with Gasteiger partial charge in [-0.25, -0.2) is 0 Å². The molecule has 12 heavy (non-hydrogen) atoms. The number of hydrogen-bond donors (Lipinski definition) is 0. The topological polar surface area (TPSA) is 34.1 Å². The normalized spacial score (nSPS) is 11.8. The van der Waals surface area contributed by atoms with Crippen molar-refractivity contribution in [2.24, 2.45) is 5.92 Å². The molecule has 66 valence electrons. The fourth-order valence-electron chi connectivity index (χ4n) is 0.874. The van der Waals surface area contributed by atoms with Crippen LogP contribution in [-0.2, 0) is 9.59 Å². The lowest BCUT2D eigenvalue weighted by molar-refractivity contribution is -0.125. The molecule has 0 radical (unpaired) electrons. The van der Waals surface area contributed by atoms with Crippen molar-refractivity contribution < 1.29 is 9.59 Å². The minimum Gasteiger partial charge on any atom is -0.302 e. The van der Waals surface area contributed by atoms with Crippen LogP contribution in [0.1, 0.15) is 20.3 Å². The van der Waals surface area contributed by atoms with Crippen LogP contribution in [0.3, 0.4) is 0 Å². The number of ketones is 1. The van der Waals surface area contributed by atoms with Gasteiger partial charge >= 0.3 is 0 Å². The second kappa shape index (κ2) is 4.65. The SMILES string of the molecule is C=C(C)CC(=O)C(C=O)C(=C)C. The van der Waals surface area contributed by atoms with Crippen molar-refractivity contribution in [3.05, 3.63) is 24.3 Å². The molecule has 0 aromatic heterocycles. The third kappa shape index (κ3) is 3.28. The van der Waals surface area contributed by atoms with Crippen LogP contribution < -0.4 is 0 Å². The zero-order valence-electron chi connectivity index (χ0n) is 7.59. The second-order valence-electron chi connectivity index (χ2n) is 3.06. The van der Waals surface area contributed by atoms with Crippen molar-refractivity contribution in [2.45, 2.75) is 20.3 Å². The summed E-state index contributed by atoms with van der Waals surface area (Å²) in [7, 11) is 0. The first-order chi connectivity index (χ1) is 5.49. The number of hydrogen-bond acceptors (Lipinski definition) is 2. The highest BCUT2D eigenvalue weighted by Gasteiger charge is 2.17. The molecule has 0 aromatic rings. The third-order valence-electron chi connectivity index (χ3n) is 1.49. The van der Waals surface area contributed by atoms with Gasteiger partial charge in [0, 0.05) is 6.42 Å². The van der Waals surface area contributed by atoms with Crippen molar-refractivity contribution in [3.8, 4) is 0 Å². The Morgan fingerprint density at radius 2 is 1.92 bits per heavy atom. The van der Waals surface area contributed by atoms with E-state index in [1.165, 1.54) is 0 Å². The van der Waals surface area contributed by atoms with E-state index in [1.54, 1.807) is 13.8 Å². The molecule has 0 heterocycles. The van der Waals surface area contributed by atoms with Crippen LogP contribution in [0, 0.1) is 5.92 Å². The molecule has 0 rings (SSSR count). The van der Waals surface area contributed by atoms with Crippen molar-refractivity contribution in [3.63, 3.8) is 0 Å². The lowest BCUT2D eigenvalue weighted by Gasteiger charge is -2.07. The van der Waals surface area contributed by atoms with Crippen molar-refractivity contribution in [2.75, 3.05) is 0 Å². The number of carbonyl (C=O) groups excluding carboxylic acids is 2. The van der Waals surface area contributed by atoms with Gasteiger partial charge in [0.1, 0.15) is 6.29 Å². The zero-order chi connectivity index (χ0) is 9.72. The monoisotopic (exact) mass is 166 g/mol. The molecular weight excluding hydrogens is 152 g/mol. The minimum absolute atomic E-state index is 0.120. The molecule has 0 spiro atoms. The highest BCUT2D eigenvalue weighted by Crippen LogP contribution is 2.11. The number of aldehydes is 1. The quantitative estimate of drug-likeness (QED) is 0.355. The van der Waals surface area contributed by atoms with Gasteiger partial charge in [0.25, 0.3) is 0 Å². The summed E-state index contributed by atoms with van der Waals surface area (Å²) in [5.74, 6) is -0.772. The molecule has 0 fully saturated rings. The summed E-state index contributed by atoms with van der Waals surface area (Å²) in [6.45, 7) is 10.6. The average Bonchev–Trinajstić information content (AvgIpc) is 1.85. The first-order valence-corrected chi connectivity index (χ1v) is 3.76. The Morgan fingerprint density at radius 3 is 2.17 bits per heavy atom. The van der Waals surface area contributed by atoms with Crippen molar-refractivity contribution in [1.29, 1.82) is 0 Å². The van der Waals surface area contributed by atoms with Gasteiger partial charge in [-0.3, -0.25) is 4.79 Å². The molecule has 0 aliphatic carbocycles. The van der Waals surface area contributed by atoms with Crippen LogP contribution in [0.2, 0.25) is 0 Å². The number of allylic oxidation sites excluding steroid dienone is 2. The molecule has 0 bridgehead atoms. The van der Waals surface area contributed by atoms with Gasteiger partial charge < -0.3 is 4.79 Å². The summed E-state index contributed by atoms with van der Waals surface area (Å²) in [4.78, 5) is 21.7. The number of carbonyl (C=O) groups is 2. The van der Waals surface area contributed by atoms with E-state index in [9.17, 15) is 9.59 Å². The van der Waals surface area contributed by atoms with Crippen LogP contribution in [0.25, 0.3) is 0 Å². The van der Waals surface area contributed by atoms with Gasteiger partial charge in [0.2, 0.25) is 0 Å². The lowest BCUT2D eigenvalue weighted by Crippen LogP contribution is -2.16. The summed E-state index contributed by atoms with van der Waals surface area (Å²) in [6.07, 6.45) is 0.893. The molecule has 0 saturated carbocycles. The second-order valence-corrected chi connectivity index (χ2v) is 3.06. The summed E-state index contributed by atoms with van der Waals surface area (Å²) >= 11 is 0. The van der Waals surface area contributed by atoms with Crippen LogP contribution in [0.5, 0.6) is 0 Å². The Bertz CT molecular complexity index is 226. The van der Waals surface area contributed by atoms with E-state index >= 15 is 0 Å². The van der Waals surface area contributed by atoms with E-state index in [1.807, 2.05) is 0 Å². The van der Waals surface area contributed by atoms with Crippen LogP contribution >= 0.6 is 0 Å². The summed E-state index contributed by atoms with van der Waals surface area (Å²) in [5, 5.41) is 0. The van der Waals surface area contributed by atoms with Gasteiger partial charge in [-0.1, -0.05) is 24.3 Å². The molecule has 2 heteroatoms. The average molecular weight is 166 g/mol. The Morgan fingerprint density at radius 1 is 1.42 bits per heavy atom. The molecule has 1 unspecified atom stereocenters. The number of rotatable bonds is 5. The van der Waals surface area contributed by atoms with Crippen LogP contribution in [0.15, 0.2) is 24.3 Å². The number of Topliss-reactive ketones (excluding diaryl/α,β-unsaturated/α-hetero) is 1. The van der Waals surface area contributed by atoms with E-state index in [0.29, 0.717) is 11.9 Å². The standard InChI is InChI=1S/C10H14O2/c1-7(2)5-10(12)9(6-11)8(3)4/h6,9H,1,3,5H2,2,4H3. The molecule has 0 amide bonds. The molecule has 0 aliphatic heterocycles. The summed E-state index contributed by atoms with van der Waals surface area (Å²) < 4.78 is 0. The predicted octanol–water partition coefficient (Wildman–Crippen LogP) is 1.91. The molecule has 2 nitrogen and oxygen atoms in total. The van der Waals surface area contributed by atoms with Gasteiger partial charge in [0.15, 0.2) is 5.78 Å². The molecule has 0 N–H and O–H groups in total. The molecule has 0 aromatic carbocycles. The van der Waals surface area contributed by atoms with E-state index in [0.717, 1.165) is 5.57 Å². The lowest BCUT2D eigenvalue weighted by atomic mass is 9.95. The largest absolute Gasteiger partial charge is 0.302 e. The maximum atomic E-state index is 11.3. The van der Waals surface area contributed by atoms with Crippen molar-refractivity contribution in [1.82, 2.24) is 0 Å². The maximum Gasteiger partial charge on any atom is 0.151 e. The maximum absolute atomic E-state index is 11.3. The zero-order valence-corrected chi connectivity index (χ0v) is 7.59.